The molecule has 17 heavy (non-hydrogen) atoms. The SMILES string of the molecule is CCCCOCC(O)CN1CCCC(C)C1C. The molecule has 3 heteroatoms. The Hall–Kier alpha value is -0.120. The molecule has 0 radical (unpaired) electrons. The van der Waals surface area contributed by atoms with Crippen molar-refractivity contribution in [1.29, 1.82) is 0 Å². The molecule has 0 aromatic rings. The minimum absolute atomic E-state index is 0.334. The maximum absolute atomic E-state index is 9.94. The number of unbranched alkanes of at least 4 members (excludes halogenated alkanes) is 1. The molecule has 0 bridgehead atoms. The summed E-state index contributed by atoms with van der Waals surface area (Å²) in [5.74, 6) is 0.747. The molecule has 1 heterocycles. The summed E-state index contributed by atoms with van der Waals surface area (Å²) in [5, 5.41) is 9.94. The zero-order valence-electron chi connectivity index (χ0n) is 11.7. The van der Waals surface area contributed by atoms with Gasteiger partial charge in [0, 0.05) is 19.2 Å². The first-order valence-corrected chi connectivity index (χ1v) is 7.15. The van der Waals surface area contributed by atoms with Crippen LogP contribution in [0, 0.1) is 5.92 Å². The number of β-amino-alcohol motifs (C(OH)–C–C–N with tert-alkyl or cyclic N) is 1. The van der Waals surface area contributed by atoms with Crippen LogP contribution in [0.15, 0.2) is 0 Å². The van der Waals surface area contributed by atoms with Crippen LogP contribution in [0.3, 0.4) is 0 Å². The highest BCUT2D eigenvalue weighted by Crippen LogP contribution is 2.22. The fourth-order valence-corrected chi connectivity index (χ4v) is 2.47. The number of aliphatic hydroxyl groups excluding tert-OH is 1. The van der Waals surface area contributed by atoms with Crippen LogP contribution in [0.4, 0.5) is 0 Å². The van der Waals surface area contributed by atoms with Crippen LogP contribution in [-0.4, -0.2) is 48.5 Å². The van der Waals surface area contributed by atoms with E-state index in [0.29, 0.717) is 12.6 Å². The Morgan fingerprint density at radius 1 is 1.41 bits per heavy atom. The molecule has 1 rings (SSSR count). The largest absolute Gasteiger partial charge is 0.389 e. The second kappa shape index (κ2) is 8.06. The number of rotatable bonds is 7. The van der Waals surface area contributed by atoms with E-state index in [0.717, 1.165) is 38.5 Å². The van der Waals surface area contributed by atoms with Crippen LogP contribution in [0.2, 0.25) is 0 Å². The molecule has 1 saturated heterocycles. The second-order valence-corrected chi connectivity index (χ2v) is 5.44. The van der Waals surface area contributed by atoms with E-state index in [1.807, 2.05) is 0 Å². The summed E-state index contributed by atoms with van der Waals surface area (Å²) in [4.78, 5) is 2.40. The quantitative estimate of drug-likeness (QED) is 0.696. The van der Waals surface area contributed by atoms with E-state index in [2.05, 4.69) is 25.7 Å². The van der Waals surface area contributed by atoms with E-state index in [1.165, 1.54) is 12.8 Å². The molecule has 0 aromatic carbocycles. The van der Waals surface area contributed by atoms with Gasteiger partial charge in [0.1, 0.15) is 0 Å². The second-order valence-electron chi connectivity index (χ2n) is 5.44. The summed E-state index contributed by atoms with van der Waals surface area (Å²) in [5.41, 5.74) is 0. The van der Waals surface area contributed by atoms with Crippen molar-refractivity contribution in [3.05, 3.63) is 0 Å². The average molecular weight is 243 g/mol. The molecular weight excluding hydrogens is 214 g/mol. The molecule has 1 N–H and O–H groups in total. The molecule has 1 aliphatic heterocycles. The molecule has 102 valence electrons. The number of hydrogen-bond acceptors (Lipinski definition) is 3. The van der Waals surface area contributed by atoms with Crippen LogP contribution in [0.25, 0.3) is 0 Å². The maximum Gasteiger partial charge on any atom is 0.0900 e. The van der Waals surface area contributed by atoms with Crippen molar-refractivity contribution >= 4 is 0 Å². The highest BCUT2D eigenvalue weighted by molar-refractivity contribution is 4.80. The third-order valence-electron chi connectivity index (χ3n) is 3.90. The van der Waals surface area contributed by atoms with Gasteiger partial charge in [0.15, 0.2) is 0 Å². The number of ether oxygens (including phenoxy) is 1. The van der Waals surface area contributed by atoms with Crippen LogP contribution < -0.4 is 0 Å². The van der Waals surface area contributed by atoms with Gasteiger partial charge >= 0.3 is 0 Å². The van der Waals surface area contributed by atoms with E-state index in [9.17, 15) is 5.11 Å². The van der Waals surface area contributed by atoms with Gasteiger partial charge in [0.2, 0.25) is 0 Å². The Morgan fingerprint density at radius 3 is 2.88 bits per heavy atom. The normalized spacial score (nSPS) is 28.2. The lowest BCUT2D eigenvalue weighted by atomic mass is 9.92. The molecule has 0 saturated carbocycles. The fourth-order valence-electron chi connectivity index (χ4n) is 2.47. The predicted molar refractivity (Wildman–Crippen MR) is 71.2 cm³/mol. The number of piperidine rings is 1. The molecule has 3 atom stereocenters. The first kappa shape index (κ1) is 14.9. The molecule has 0 aromatic heterocycles. The summed E-state index contributed by atoms with van der Waals surface area (Å²) in [6.07, 6.45) is 4.48. The molecule has 3 unspecified atom stereocenters. The van der Waals surface area contributed by atoms with Crippen molar-refractivity contribution in [1.82, 2.24) is 4.90 Å². The van der Waals surface area contributed by atoms with Gasteiger partial charge in [-0.3, -0.25) is 4.90 Å². The molecular formula is C14H29NO2. The third kappa shape index (κ3) is 5.36. The number of hydrogen-bond donors (Lipinski definition) is 1. The van der Waals surface area contributed by atoms with Crippen LogP contribution in [0.1, 0.15) is 46.5 Å². The Kier molecular flexibility index (Phi) is 7.09. The third-order valence-corrected chi connectivity index (χ3v) is 3.90. The lowest BCUT2D eigenvalue weighted by Gasteiger charge is -2.38. The van der Waals surface area contributed by atoms with Gasteiger partial charge in [-0.25, -0.2) is 0 Å². The van der Waals surface area contributed by atoms with Crippen molar-refractivity contribution in [2.24, 2.45) is 5.92 Å². The minimum Gasteiger partial charge on any atom is -0.389 e. The summed E-state index contributed by atoms with van der Waals surface area (Å²) in [7, 11) is 0. The van der Waals surface area contributed by atoms with Crippen molar-refractivity contribution < 1.29 is 9.84 Å². The zero-order chi connectivity index (χ0) is 12.7. The molecule has 0 amide bonds. The first-order chi connectivity index (χ1) is 8.15. The van der Waals surface area contributed by atoms with Gasteiger partial charge in [-0.05, 0) is 38.6 Å². The summed E-state index contributed by atoms with van der Waals surface area (Å²) in [6.45, 7) is 9.87. The Bertz CT molecular complexity index is 199. The van der Waals surface area contributed by atoms with E-state index >= 15 is 0 Å². The monoisotopic (exact) mass is 243 g/mol. The van der Waals surface area contributed by atoms with Crippen molar-refractivity contribution in [2.75, 3.05) is 26.3 Å². The molecule has 0 spiro atoms. The van der Waals surface area contributed by atoms with Crippen LogP contribution in [0.5, 0.6) is 0 Å². The van der Waals surface area contributed by atoms with Crippen molar-refractivity contribution in [2.45, 2.75) is 58.6 Å². The highest BCUT2D eigenvalue weighted by atomic mass is 16.5. The summed E-state index contributed by atoms with van der Waals surface area (Å²) >= 11 is 0. The molecule has 3 nitrogen and oxygen atoms in total. The van der Waals surface area contributed by atoms with E-state index < -0.39 is 0 Å². The van der Waals surface area contributed by atoms with Crippen LogP contribution >= 0.6 is 0 Å². The van der Waals surface area contributed by atoms with E-state index in [-0.39, 0.29) is 6.10 Å². The van der Waals surface area contributed by atoms with Gasteiger partial charge in [-0.15, -0.1) is 0 Å². The Balaban J connectivity index is 2.18. The standard InChI is InChI=1S/C14H29NO2/c1-4-5-9-17-11-14(16)10-15-8-6-7-12(2)13(15)3/h12-14,16H,4-11H2,1-3H3. The lowest BCUT2D eigenvalue weighted by Crippen LogP contribution is -2.46. The number of aliphatic hydroxyl groups is 1. The molecule has 1 fully saturated rings. The Morgan fingerprint density at radius 2 is 2.18 bits per heavy atom. The number of nitrogens with zero attached hydrogens (tertiary/aromatic N) is 1. The van der Waals surface area contributed by atoms with Gasteiger partial charge in [0.05, 0.1) is 12.7 Å². The minimum atomic E-state index is -0.334. The van der Waals surface area contributed by atoms with Crippen LogP contribution in [-0.2, 0) is 4.74 Å². The van der Waals surface area contributed by atoms with Crippen molar-refractivity contribution in [3.63, 3.8) is 0 Å². The smallest absolute Gasteiger partial charge is 0.0900 e. The molecule has 1 aliphatic rings. The van der Waals surface area contributed by atoms with Gasteiger partial charge in [-0.2, -0.15) is 0 Å². The van der Waals surface area contributed by atoms with Gasteiger partial charge in [-0.1, -0.05) is 20.3 Å². The van der Waals surface area contributed by atoms with E-state index in [4.69, 9.17) is 4.74 Å². The highest BCUT2D eigenvalue weighted by Gasteiger charge is 2.25. The predicted octanol–water partition coefficient (Wildman–Crippen LogP) is 2.28. The summed E-state index contributed by atoms with van der Waals surface area (Å²) in [6, 6.07) is 0.592. The fraction of sp³-hybridized carbons (Fsp3) is 1.00. The number of likely N-dealkylation sites (tertiary alicyclic amines) is 1. The van der Waals surface area contributed by atoms with Crippen molar-refractivity contribution in [3.8, 4) is 0 Å². The Labute approximate surface area is 106 Å². The average Bonchev–Trinajstić information content (AvgIpc) is 2.31. The lowest BCUT2D eigenvalue weighted by molar-refractivity contribution is -0.00383. The van der Waals surface area contributed by atoms with E-state index in [1.54, 1.807) is 0 Å². The first-order valence-electron chi connectivity index (χ1n) is 7.15. The van der Waals surface area contributed by atoms with Gasteiger partial charge < -0.3 is 9.84 Å². The summed E-state index contributed by atoms with van der Waals surface area (Å²) < 4.78 is 5.46. The maximum atomic E-state index is 9.94. The topological polar surface area (TPSA) is 32.7 Å². The molecule has 0 aliphatic carbocycles. The zero-order valence-corrected chi connectivity index (χ0v) is 11.7. The van der Waals surface area contributed by atoms with Gasteiger partial charge in [0.25, 0.3) is 0 Å².